The van der Waals surface area contributed by atoms with Crippen LogP contribution in [0.3, 0.4) is 0 Å². The molecule has 156 valence electrons. The van der Waals surface area contributed by atoms with Crippen molar-refractivity contribution in [3.63, 3.8) is 0 Å². The van der Waals surface area contributed by atoms with E-state index in [-0.39, 0.29) is 12.5 Å². The maximum atomic E-state index is 13.8. The number of urea groups is 1. The molecular formula is C24H19BrN2O4. The summed E-state index contributed by atoms with van der Waals surface area (Å²) in [4.78, 5) is 28.1. The second-order valence-electron chi connectivity index (χ2n) is 7.39. The smallest absolute Gasteiger partial charge is 0.325 e. The Labute approximate surface area is 187 Å². The van der Waals surface area contributed by atoms with E-state index in [0.717, 1.165) is 10.0 Å². The molecule has 2 heterocycles. The number of amides is 3. The van der Waals surface area contributed by atoms with Crippen LogP contribution in [-0.2, 0) is 16.9 Å². The molecule has 0 spiro atoms. The molecule has 6 nitrogen and oxygen atoms in total. The Morgan fingerprint density at radius 3 is 2.00 bits per heavy atom. The van der Waals surface area contributed by atoms with Crippen LogP contribution in [0.1, 0.15) is 16.7 Å². The third-order valence-corrected chi connectivity index (χ3v) is 6.30. The predicted molar refractivity (Wildman–Crippen MR) is 118 cm³/mol. The zero-order valence-electron chi connectivity index (χ0n) is 16.5. The molecule has 3 aromatic rings. The summed E-state index contributed by atoms with van der Waals surface area (Å²) in [5.74, 6) is 0.924. The predicted octanol–water partition coefficient (Wildman–Crippen LogP) is 4.22. The molecule has 7 heteroatoms. The van der Waals surface area contributed by atoms with Crippen molar-refractivity contribution in [3.05, 3.63) is 94.0 Å². The fourth-order valence-electron chi connectivity index (χ4n) is 4.05. The number of fused-ring (bicyclic) bond motifs is 1. The first kappa shape index (κ1) is 19.6. The van der Waals surface area contributed by atoms with E-state index in [4.69, 9.17) is 9.47 Å². The standard InChI is InChI=1S/C24H19BrN2O4/c25-19-14-21-20(30-11-12-31-21)13-16(19)15-27-22(28)24(26-23(27)29,17-7-3-1-4-8-17)18-9-5-2-6-10-18/h1-10,13-14H,11-12,15H2,(H,26,29). The van der Waals surface area contributed by atoms with E-state index < -0.39 is 11.6 Å². The van der Waals surface area contributed by atoms with Crippen LogP contribution >= 0.6 is 15.9 Å². The van der Waals surface area contributed by atoms with E-state index in [9.17, 15) is 9.59 Å². The molecule has 1 fully saturated rings. The van der Waals surface area contributed by atoms with Gasteiger partial charge in [-0.1, -0.05) is 76.6 Å². The number of ether oxygens (including phenoxy) is 2. The van der Waals surface area contributed by atoms with Gasteiger partial charge in [0, 0.05) is 4.47 Å². The summed E-state index contributed by atoms with van der Waals surface area (Å²) in [6, 6.07) is 21.8. The fraction of sp³-hybridized carbons (Fsp3) is 0.167. The summed E-state index contributed by atoms with van der Waals surface area (Å²) < 4.78 is 12.0. The van der Waals surface area contributed by atoms with Crippen molar-refractivity contribution in [1.29, 1.82) is 0 Å². The van der Waals surface area contributed by atoms with Crippen LogP contribution in [0.5, 0.6) is 11.5 Å². The lowest BCUT2D eigenvalue weighted by Gasteiger charge is -2.28. The van der Waals surface area contributed by atoms with Crippen molar-refractivity contribution in [2.24, 2.45) is 0 Å². The molecule has 3 amide bonds. The normalized spacial score (nSPS) is 16.9. The molecule has 1 N–H and O–H groups in total. The molecule has 31 heavy (non-hydrogen) atoms. The van der Waals surface area contributed by atoms with E-state index in [0.29, 0.717) is 35.8 Å². The van der Waals surface area contributed by atoms with Crippen molar-refractivity contribution >= 4 is 27.9 Å². The van der Waals surface area contributed by atoms with Gasteiger partial charge in [0.15, 0.2) is 17.0 Å². The van der Waals surface area contributed by atoms with E-state index in [2.05, 4.69) is 21.2 Å². The highest BCUT2D eigenvalue weighted by molar-refractivity contribution is 9.10. The molecule has 0 atom stereocenters. The minimum atomic E-state index is -1.28. The van der Waals surface area contributed by atoms with E-state index in [1.54, 1.807) is 0 Å². The Kier molecular flexibility index (Phi) is 4.90. The minimum Gasteiger partial charge on any atom is -0.486 e. The average molecular weight is 479 g/mol. The minimum absolute atomic E-state index is 0.101. The summed E-state index contributed by atoms with van der Waals surface area (Å²) in [6.45, 7) is 1.05. The number of carbonyl (C=O) groups excluding carboxylic acids is 2. The molecule has 0 saturated carbocycles. The summed E-state index contributed by atoms with van der Waals surface area (Å²) in [6.07, 6.45) is 0. The third kappa shape index (κ3) is 3.25. The van der Waals surface area contributed by atoms with Gasteiger partial charge in [-0.15, -0.1) is 0 Å². The second-order valence-corrected chi connectivity index (χ2v) is 8.25. The summed E-state index contributed by atoms with van der Waals surface area (Å²) >= 11 is 3.54. The van der Waals surface area contributed by atoms with Crippen LogP contribution in [0.25, 0.3) is 0 Å². The highest BCUT2D eigenvalue weighted by Gasteiger charge is 2.53. The highest BCUT2D eigenvalue weighted by Crippen LogP contribution is 2.39. The first-order chi connectivity index (χ1) is 15.1. The lowest BCUT2D eigenvalue weighted by molar-refractivity contribution is -0.130. The third-order valence-electron chi connectivity index (χ3n) is 5.56. The molecule has 0 aliphatic carbocycles. The number of rotatable bonds is 4. The fourth-order valence-corrected chi connectivity index (χ4v) is 4.50. The van der Waals surface area contributed by atoms with E-state index in [1.807, 2.05) is 72.8 Å². The van der Waals surface area contributed by atoms with Gasteiger partial charge in [-0.2, -0.15) is 0 Å². The lowest BCUT2D eigenvalue weighted by Crippen LogP contribution is -2.45. The molecule has 0 aromatic heterocycles. The monoisotopic (exact) mass is 478 g/mol. The number of carbonyl (C=O) groups is 2. The Balaban J connectivity index is 1.55. The van der Waals surface area contributed by atoms with Gasteiger partial charge in [-0.25, -0.2) is 4.79 Å². The average Bonchev–Trinajstić information content (AvgIpc) is 3.06. The quantitative estimate of drug-likeness (QED) is 0.570. The van der Waals surface area contributed by atoms with Crippen LogP contribution in [0.15, 0.2) is 77.3 Å². The van der Waals surface area contributed by atoms with Gasteiger partial charge in [0.25, 0.3) is 5.91 Å². The number of hydrogen-bond donors (Lipinski definition) is 1. The number of benzene rings is 3. The van der Waals surface area contributed by atoms with Gasteiger partial charge in [0.1, 0.15) is 13.2 Å². The molecule has 0 bridgehead atoms. The first-order valence-electron chi connectivity index (χ1n) is 9.93. The van der Waals surface area contributed by atoms with Crippen molar-refractivity contribution in [2.75, 3.05) is 13.2 Å². The topological polar surface area (TPSA) is 67.9 Å². The zero-order valence-corrected chi connectivity index (χ0v) is 18.1. The number of halogens is 1. The highest BCUT2D eigenvalue weighted by atomic mass is 79.9. The van der Waals surface area contributed by atoms with Crippen molar-refractivity contribution in [3.8, 4) is 11.5 Å². The Hall–Kier alpha value is -3.32. The molecular weight excluding hydrogens is 460 g/mol. The van der Waals surface area contributed by atoms with Crippen molar-refractivity contribution in [1.82, 2.24) is 10.2 Å². The zero-order chi connectivity index (χ0) is 21.4. The van der Waals surface area contributed by atoms with Crippen LogP contribution in [-0.4, -0.2) is 30.1 Å². The van der Waals surface area contributed by atoms with Crippen LogP contribution in [0.4, 0.5) is 4.79 Å². The number of imide groups is 1. The number of hydrogen-bond acceptors (Lipinski definition) is 4. The van der Waals surface area contributed by atoms with Crippen LogP contribution in [0.2, 0.25) is 0 Å². The maximum absolute atomic E-state index is 13.8. The first-order valence-corrected chi connectivity index (χ1v) is 10.7. The van der Waals surface area contributed by atoms with Gasteiger partial charge in [-0.3, -0.25) is 9.69 Å². The Morgan fingerprint density at radius 1 is 0.871 bits per heavy atom. The molecule has 0 unspecified atom stereocenters. The Morgan fingerprint density at radius 2 is 1.42 bits per heavy atom. The SMILES string of the molecule is O=C1NC(c2ccccc2)(c2ccccc2)C(=O)N1Cc1cc2c(cc1Br)OCCO2. The summed E-state index contributed by atoms with van der Waals surface area (Å²) in [7, 11) is 0. The van der Waals surface area contributed by atoms with E-state index >= 15 is 0 Å². The Bertz CT molecular complexity index is 1110. The maximum Gasteiger partial charge on any atom is 0.325 e. The van der Waals surface area contributed by atoms with Gasteiger partial charge in [-0.05, 0) is 28.8 Å². The van der Waals surface area contributed by atoms with Gasteiger partial charge < -0.3 is 14.8 Å². The lowest BCUT2D eigenvalue weighted by atomic mass is 9.82. The van der Waals surface area contributed by atoms with Crippen molar-refractivity contribution in [2.45, 2.75) is 12.1 Å². The second kappa shape index (κ2) is 7.74. The van der Waals surface area contributed by atoms with Gasteiger partial charge in [0.2, 0.25) is 0 Å². The molecule has 1 saturated heterocycles. The number of nitrogens with zero attached hydrogens (tertiary/aromatic N) is 1. The molecule has 5 rings (SSSR count). The van der Waals surface area contributed by atoms with Gasteiger partial charge in [0.05, 0.1) is 6.54 Å². The molecule has 2 aliphatic rings. The largest absolute Gasteiger partial charge is 0.486 e. The summed E-state index contributed by atoms with van der Waals surface area (Å²) in [5, 5.41) is 2.97. The molecule has 3 aromatic carbocycles. The summed E-state index contributed by atoms with van der Waals surface area (Å²) in [5.41, 5.74) is 0.899. The van der Waals surface area contributed by atoms with Crippen LogP contribution < -0.4 is 14.8 Å². The van der Waals surface area contributed by atoms with Crippen molar-refractivity contribution < 1.29 is 19.1 Å². The van der Waals surface area contributed by atoms with E-state index in [1.165, 1.54) is 4.90 Å². The number of nitrogens with one attached hydrogen (secondary N) is 1. The van der Waals surface area contributed by atoms with Crippen LogP contribution in [0, 0.1) is 0 Å². The molecule has 2 aliphatic heterocycles. The molecule has 0 radical (unpaired) electrons. The van der Waals surface area contributed by atoms with Gasteiger partial charge >= 0.3 is 6.03 Å².